The quantitative estimate of drug-likeness (QED) is 0.420. The number of rotatable bonds is 5. The van der Waals surface area contributed by atoms with Gasteiger partial charge in [0.25, 0.3) is 0 Å². The van der Waals surface area contributed by atoms with Gasteiger partial charge in [-0.2, -0.15) is 0 Å². The maximum absolute atomic E-state index is 10.3. The third kappa shape index (κ3) is 3.72. The van der Waals surface area contributed by atoms with E-state index in [1.165, 1.54) is 0 Å². The van der Waals surface area contributed by atoms with Crippen LogP contribution in [0.1, 0.15) is 23.6 Å². The largest absolute Gasteiger partial charge is 0.507 e. The number of aromatic hydroxyl groups is 2. The Hall–Kier alpha value is -3.80. The summed E-state index contributed by atoms with van der Waals surface area (Å²) in [6.45, 7) is 6.34. The predicted molar refractivity (Wildman–Crippen MR) is 117 cm³/mol. The van der Waals surface area contributed by atoms with Gasteiger partial charge < -0.3 is 19.4 Å². The Labute approximate surface area is 174 Å². The average Bonchev–Trinajstić information content (AvgIpc) is 3.12. The topological polar surface area (TPSA) is 88.1 Å². The Balaban J connectivity index is 1.69. The third-order valence-corrected chi connectivity index (χ3v) is 4.90. The molecule has 4 aromatic rings. The Morgan fingerprint density at radius 3 is 2.67 bits per heavy atom. The number of oxazole rings is 1. The van der Waals surface area contributed by atoms with E-state index in [1.54, 1.807) is 42.6 Å². The SMILES string of the molecule is CCOc1cccc(C=Nc2ccc(O)c(-c3nc4cc(C)c(C)cc4o3)c2)c1O. The van der Waals surface area contributed by atoms with Gasteiger partial charge in [-0.15, -0.1) is 0 Å². The van der Waals surface area contributed by atoms with Gasteiger partial charge >= 0.3 is 0 Å². The zero-order chi connectivity index (χ0) is 21.3. The van der Waals surface area contributed by atoms with Gasteiger partial charge in [-0.3, -0.25) is 4.99 Å². The molecule has 0 saturated heterocycles. The number of ether oxygens (including phenoxy) is 1. The summed E-state index contributed by atoms with van der Waals surface area (Å²) in [6, 6.07) is 14.1. The molecule has 6 nitrogen and oxygen atoms in total. The number of hydrogen-bond acceptors (Lipinski definition) is 6. The summed E-state index contributed by atoms with van der Waals surface area (Å²) in [5.74, 6) is 0.817. The van der Waals surface area contributed by atoms with Crippen LogP contribution >= 0.6 is 0 Å². The van der Waals surface area contributed by atoms with Crippen LogP contribution in [0, 0.1) is 13.8 Å². The molecule has 1 aromatic heterocycles. The Kier molecular flexibility index (Phi) is 5.14. The molecule has 0 amide bonds. The molecule has 0 atom stereocenters. The van der Waals surface area contributed by atoms with Crippen LogP contribution in [0.4, 0.5) is 5.69 Å². The standard InChI is InChI=1S/C24H22N2O4/c1-4-29-21-7-5-6-16(23(21)28)13-25-17-8-9-20(27)18(12-17)24-26-19-10-14(2)15(3)11-22(19)30-24/h5-13,27-28H,4H2,1-3H3. The number of phenols is 2. The van der Waals surface area contributed by atoms with Gasteiger partial charge in [0, 0.05) is 11.8 Å². The zero-order valence-corrected chi connectivity index (χ0v) is 17.0. The average molecular weight is 402 g/mol. The number of nitrogens with zero attached hydrogens (tertiary/aromatic N) is 2. The monoisotopic (exact) mass is 402 g/mol. The molecule has 3 aromatic carbocycles. The molecule has 4 rings (SSSR count). The van der Waals surface area contributed by atoms with Crippen molar-refractivity contribution < 1.29 is 19.4 Å². The van der Waals surface area contributed by atoms with Crippen LogP contribution in [-0.2, 0) is 0 Å². The van der Waals surface area contributed by atoms with E-state index in [0.717, 1.165) is 16.6 Å². The molecule has 0 spiro atoms. The summed E-state index contributed by atoms with van der Waals surface area (Å²) in [6.07, 6.45) is 1.55. The summed E-state index contributed by atoms with van der Waals surface area (Å²) in [5, 5.41) is 20.7. The van der Waals surface area contributed by atoms with Crippen LogP contribution in [0.25, 0.3) is 22.6 Å². The van der Waals surface area contributed by atoms with Gasteiger partial charge in [-0.1, -0.05) is 6.07 Å². The molecule has 152 valence electrons. The smallest absolute Gasteiger partial charge is 0.231 e. The molecule has 6 heteroatoms. The highest BCUT2D eigenvalue weighted by Crippen LogP contribution is 2.35. The Morgan fingerprint density at radius 2 is 1.87 bits per heavy atom. The second kappa shape index (κ2) is 7.91. The van der Waals surface area contributed by atoms with Gasteiger partial charge in [0.15, 0.2) is 17.1 Å². The molecule has 0 aliphatic carbocycles. The molecule has 30 heavy (non-hydrogen) atoms. The van der Waals surface area contributed by atoms with E-state index in [1.807, 2.05) is 32.9 Å². The summed E-state index contributed by atoms with van der Waals surface area (Å²) in [7, 11) is 0. The molecule has 0 radical (unpaired) electrons. The van der Waals surface area contributed by atoms with Crippen molar-refractivity contribution in [1.29, 1.82) is 0 Å². The second-order valence-electron chi connectivity index (χ2n) is 7.01. The van der Waals surface area contributed by atoms with Crippen LogP contribution in [0.3, 0.4) is 0 Å². The zero-order valence-electron chi connectivity index (χ0n) is 17.0. The van der Waals surface area contributed by atoms with E-state index in [9.17, 15) is 10.2 Å². The first-order chi connectivity index (χ1) is 14.5. The molecule has 0 fully saturated rings. The molecule has 1 heterocycles. The van der Waals surface area contributed by atoms with Crippen molar-refractivity contribution in [2.45, 2.75) is 20.8 Å². The van der Waals surface area contributed by atoms with Gasteiger partial charge in [-0.25, -0.2) is 4.98 Å². The van der Waals surface area contributed by atoms with E-state index in [-0.39, 0.29) is 11.5 Å². The number of phenolic OH excluding ortho intramolecular Hbond substituents is 2. The minimum absolute atomic E-state index is 0.0341. The molecule has 0 unspecified atom stereocenters. The lowest BCUT2D eigenvalue weighted by molar-refractivity contribution is 0.318. The summed E-state index contributed by atoms with van der Waals surface area (Å²) < 4.78 is 11.3. The van der Waals surface area contributed by atoms with E-state index in [4.69, 9.17) is 9.15 Å². The minimum atomic E-state index is 0.0341. The van der Waals surface area contributed by atoms with E-state index in [0.29, 0.717) is 40.6 Å². The van der Waals surface area contributed by atoms with Crippen molar-refractivity contribution in [2.75, 3.05) is 6.61 Å². The molecule has 0 aliphatic rings. The number of hydrogen-bond donors (Lipinski definition) is 2. The Morgan fingerprint density at radius 1 is 1.07 bits per heavy atom. The number of para-hydroxylation sites is 1. The highest BCUT2D eigenvalue weighted by atomic mass is 16.5. The molecular formula is C24H22N2O4. The van der Waals surface area contributed by atoms with Crippen LogP contribution in [0.5, 0.6) is 17.2 Å². The van der Waals surface area contributed by atoms with Crippen LogP contribution < -0.4 is 4.74 Å². The molecule has 2 N–H and O–H groups in total. The maximum Gasteiger partial charge on any atom is 0.231 e. The number of aromatic nitrogens is 1. The molecular weight excluding hydrogens is 380 g/mol. The van der Waals surface area contributed by atoms with Gasteiger partial charge in [0.1, 0.15) is 11.3 Å². The van der Waals surface area contributed by atoms with E-state index < -0.39 is 0 Å². The summed E-state index contributed by atoms with van der Waals surface area (Å²) >= 11 is 0. The Bertz CT molecular complexity index is 1220. The number of fused-ring (bicyclic) bond motifs is 1. The normalized spacial score (nSPS) is 11.4. The van der Waals surface area contributed by atoms with Crippen molar-refractivity contribution in [3.63, 3.8) is 0 Å². The third-order valence-electron chi connectivity index (χ3n) is 4.90. The van der Waals surface area contributed by atoms with Crippen LogP contribution in [-0.4, -0.2) is 28.0 Å². The van der Waals surface area contributed by atoms with Crippen molar-refractivity contribution in [2.24, 2.45) is 4.99 Å². The van der Waals surface area contributed by atoms with Crippen molar-refractivity contribution in [3.8, 4) is 28.7 Å². The van der Waals surface area contributed by atoms with E-state index in [2.05, 4.69) is 9.98 Å². The lowest BCUT2D eigenvalue weighted by atomic mass is 10.1. The lowest BCUT2D eigenvalue weighted by Crippen LogP contribution is -1.93. The molecule has 0 saturated carbocycles. The molecule has 0 aliphatic heterocycles. The first kappa shape index (κ1) is 19.5. The highest BCUT2D eigenvalue weighted by Gasteiger charge is 2.14. The van der Waals surface area contributed by atoms with Gasteiger partial charge in [-0.05, 0) is 74.4 Å². The fraction of sp³-hybridized carbons (Fsp3) is 0.167. The first-order valence-corrected chi connectivity index (χ1v) is 9.66. The minimum Gasteiger partial charge on any atom is -0.507 e. The fourth-order valence-corrected chi connectivity index (χ4v) is 3.13. The predicted octanol–water partition coefficient (Wildman–Crippen LogP) is 5.67. The van der Waals surface area contributed by atoms with Crippen LogP contribution in [0.15, 0.2) is 57.9 Å². The first-order valence-electron chi connectivity index (χ1n) is 9.66. The number of benzene rings is 3. The number of aryl methyl sites for hydroxylation is 2. The lowest BCUT2D eigenvalue weighted by Gasteiger charge is -2.07. The maximum atomic E-state index is 10.3. The van der Waals surface area contributed by atoms with Crippen molar-refractivity contribution in [1.82, 2.24) is 4.98 Å². The van der Waals surface area contributed by atoms with Gasteiger partial charge in [0.05, 0.1) is 17.9 Å². The molecule has 0 bridgehead atoms. The van der Waals surface area contributed by atoms with Crippen LogP contribution in [0.2, 0.25) is 0 Å². The highest BCUT2D eigenvalue weighted by molar-refractivity contribution is 5.87. The van der Waals surface area contributed by atoms with Crippen molar-refractivity contribution >= 4 is 23.0 Å². The van der Waals surface area contributed by atoms with Gasteiger partial charge in [0.2, 0.25) is 5.89 Å². The van der Waals surface area contributed by atoms with Crippen molar-refractivity contribution in [3.05, 3.63) is 65.2 Å². The summed E-state index contributed by atoms with van der Waals surface area (Å²) in [4.78, 5) is 8.94. The number of aliphatic imine (C=N–C) groups is 1. The second-order valence-corrected chi connectivity index (χ2v) is 7.01. The summed E-state index contributed by atoms with van der Waals surface area (Å²) in [5.41, 5.74) is 5.20. The van der Waals surface area contributed by atoms with E-state index >= 15 is 0 Å². The fourth-order valence-electron chi connectivity index (χ4n) is 3.13.